The van der Waals surface area contributed by atoms with E-state index in [-0.39, 0.29) is 11.9 Å². The van der Waals surface area contributed by atoms with E-state index in [4.69, 9.17) is 11.6 Å². The van der Waals surface area contributed by atoms with E-state index in [2.05, 4.69) is 24.1 Å². The van der Waals surface area contributed by atoms with Crippen molar-refractivity contribution < 1.29 is 4.79 Å². The summed E-state index contributed by atoms with van der Waals surface area (Å²) in [4.78, 5) is 17.3. The highest BCUT2D eigenvalue weighted by atomic mass is 35.5. The lowest BCUT2D eigenvalue weighted by atomic mass is 10.0. The van der Waals surface area contributed by atoms with E-state index in [1.165, 1.54) is 6.20 Å². The highest BCUT2D eigenvalue weighted by Crippen LogP contribution is 2.26. The minimum atomic E-state index is -0.167. The molecule has 2 aromatic rings. The number of halogens is 1. The average molecular weight is 295 g/mol. The summed E-state index contributed by atoms with van der Waals surface area (Å²) in [7, 11) is 0. The summed E-state index contributed by atoms with van der Waals surface area (Å²) in [6.45, 7) is 4.16. The molecule has 0 aromatic carbocycles. The van der Waals surface area contributed by atoms with Crippen LogP contribution >= 0.6 is 22.9 Å². The number of nitrogens with zero attached hydrogens (tertiary/aromatic N) is 1. The molecule has 100 valence electrons. The molecule has 5 heteroatoms. The molecule has 0 bridgehead atoms. The van der Waals surface area contributed by atoms with E-state index in [9.17, 15) is 4.79 Å². The Labute approximate surface area is 121 Å². The standard InChI is InChI=1S/C14H15ClN2OS/c1-9(2)13(12-4-3-7-19-12)17-14(18)10-5-6-16-8-11(10)15/h3-9,13H,1-2H3,(H,17,18). The normalized spacial score (nSPS) is 12.4. The minimum Gasteiger partial charge on any atom is -0.344 e. The molecule has 0 aliphatic heterocycles. The fourth-order valence-corrected chi connectivity index (χ4v) is 2.97. The Morgan fingerprint density at radius 2 is 2.21 bits per heavy atom. The molecule has 0 spiro atoms. The summed E-state index contributed by atoms with van der Waals surface area (Å²) in [5, 5.41) is 5.41. The van der Waals surface area contributed by atoms with Gasteiger partial charge in [-0.15, -0.1) is 11.3 Å². The molecule has 1 N–H and O–H groups in total. The van der Waals surface area contributed by atoms with E-state index in [0.717, 1.165) is 4.88 Å². The Bertz CT molecular complexity index is 554. The van der Waals surface area contributed by atoms with E-state index in [1.54, 1.807) is 23.6 Å². The molecule has 0 radical (unpaired) electrons. The Kier molecular flexibility index (Phi) is 4.56. The van der Waals surface area contributed by atoms with Crippen LogP contribution < -0.4 is 5.32 Å². The van der Waals surface area contributed by atoms with Gasteiger partial charge in [0, 0.05) is 17.3 Å². The molecular formula is C14H15ClN2OS. The second-order valence-corrected chi connectivity index (χ2v) is 5.95. The van der Waals surface area contributed by atoms with Crippen molar-refractivity contribution in [3.63, 3.8) is 0 Å². The average Bonchev–Trinajstić information content (AvgIpc) is 2.89. The third-order valence-electron chi connectivity index (χ3n) is 2.82. The fraction of sp³-hybridized carbons (Fsp3) is 0.286. The van der Waals surface area contributed by atoms with Crippen LogP contribution in [0.3, 0.4) is 0 Å². The maximum absolute atomic E-state index is 12.3. The molecule has 2 aromatic heterocycles. The summed E-state index contributed by atoms with van der Waals surface area (Å²) in [5.41, 5.74) is 0.457. The highest BCUT2D eigenvalue weighted by molar-refractivity contribution is 7.10. The van der Waals surface area contributed by atoms with Crippen LogP contribution in [0, 0.1) is 5.92 Å². The van der Waals surface area contributed by atoms with Crippen LogP contribution in [0.1, 0.15) is 35.1 Å². The van der Waals surface area contributed by atoms with Crippen LogP contribution in [-0.4, -0.2) is 10.9 Å². The van der Waals surface area contributed by atoms with Gasteiger partial charge in [0.1, 0.15) is 0 Å². The van der Waals surface area contributed by atoms with Gasteiger partial charge in [0.25, 0.3) is 5.91 Å². The number of hydrogen-bond acceptors (Lipinski definition) is 3. The van der Waals surface area contributed by atoms with Crippen molar-refractivity contribution in [2.24, 2.45) is 5.92 Å². The van der Waals surface area contributed by atoms with E-state index in [1.807, 2.05) is 17.5 Å². The quantitative estimate of drug-likeness (QED) is 0.928. The molecule has 0 aliphatic carbocycles. The van der Waals surface area contributed by atoms with Crippen LogP contribution in [0.2, 0.25) is 5.02 Å². The van der Waals surface area contributed by atoms with E-state index < -0.39 is 0 Å². The number of aromatic nitrogens is 1. The van der Waals surface area contributed by atoms with Gasteiger partial charge in [-0.25, -0.2) is 0 Å². The largest absolute Gasteiger partial charge is 0.344 e. The Morgan fingerprint density at radius 3 is 2.79 bits per heavy atom. The smallest absolute Gasteiger partial charge is 0.253 e. The predicted molar refractivity (Wildman–Crippen MR) is 78.6 cm³/mol. The fourth-order valence-electron chi connectivity index (χ4n) is 1.81. The summed E-state index contributed by atoms with van der Waals surface area (Å²) in [6, 6.07) is 5.64. The lowest BCUT2D eigenvalue weighted by molar-refractivity contribution is 0.0926. The van der Waals surface area contributed by atoms with Gasteiger partial charge < -0.3 is 5.32 Å². The number of carbonyl (C=O) groups excluding carboxylic acids is 1. The van der Waals surface area contributed by atoms with Crippen molar-refractivity contribution in [2.75, 3.05) is 0 Å². The highest BCUT2D eigenvalue weighted by Gasteiger charge is 2.21. The lowest BCUT2D eigenvalue weighted by Gasteiger charge is -2.21. The lowest BCUT2D eigenvalue weighted by Crippen LogP contribution is -2.31. The van der Waals surface area contributed by atoms with Gasteiger partial charge >= 0.3 is 0 Å². The van der Waals surface area contributed by atoms with E-state index in [0.29, 0.717) is 16.5 Å². The zero-order valence-corrected chi connectivity index (χ0v) is 12.3. The van der Waals surface area contributed by atoms with Crippen molar-refractivity contribution in [1.82, 2.24) is 10.3 Å². The summed E-state index contributed by atoms with van der Waals surface area (Å²) in [6.07, 6.45) is 3.04. The minimum absolute atomic E-state index is 0.00303. The molecule has 1 unspecified atom stereocenters. The molecule has 0 saturated heterocycles. The molecule has 1 atom stereocenters. The van der Waals surface area contributed by atoms with Gasteiger partial charge in [0.2, 0.25) is 0 Å². The second-order valence-electron chi connectivity index (χ2n) is 4.57. The summed E-state index contributed by atoms with van der Waals surface area (Å²) >= 11 is 7.63. The molecule has 0 saturated carbocycles. The zero-order chi connectivity index (χ0) is 13.8. The first kappa shape index (κ1) is 14.0. The van der Waals surface area contributed by atoms with Gasteiger partial charge in [0.05, 0.1) is 16.6 Å². The number of rotatable bonds is 4. The van der Waals surface area contributed by atoms with Gasteiger partial charge in [-0.2, -0.15) is 0 Å². The number of amides is 1. The van der Waals surface area contributed by atoms with Crippen molar-refractivity contribution in [3.8, 4) is 0 Å². The topological polar surface area (TPSA) is 42.0 Å². The van der Waals surface area contributed by atoms with Crippen LogP contribution in [0.4, 0.5) is 0 Å². The Morgan fingerprint density at radius 1 is 1.42 bits per heavy atom. The van der Waals surface area contributed by atoms with Crippen molar-refractivity contribution in [1.29, 1.82) is 0 Å². The Hall–Kier alpha value is -1.39. The molecule has 0 fully saturated rings. The third kappa shape index (κ3) is 3.33. The zero-order valence-electron chi connectivity index (χ0n) is 10.8. The number of pyridine rings is 1. The summed E-state index contributed by atoms with van der Waals surface area (Å²) < 4.78 is 0. The molecule has 2 heterocycles. The Balaban J connectivity index is 2.19. The first-order valence-corrected chi connectivity index (χ1v) is 7.29. The van der Waals surface area contributed by atoms with Gasteiger partial charge in [0.15, 0.2) is 0 Å². The SMILES string of the molecule is CC(C)C(NC(=O)c1ccncc1Cl)c1cccs1. The third-order valence-corrected chi connectivity index (χ3v) is 4.08. The number of carbonyl (C=O) groups is 1. The van der Waals surface area contributed by atoms with Gasteiger partial charge in [-0.05, 0) is 23.4 Å². The maximum atomic E-state index is 12.3. The van der Waals surface area contributed by atoms with Crippen LogP contribution in [0.5, 0.6) is 0 Å². The van der Waals surface area contributed by atoms with Crippen molar-refractivity contribution in [2.45, 2.75) is 19.9 Å². The number of hydrogen-bond donors (Lipinski definition) is 1. The van der Waals surface area contributed by atoms with Crippen molar-refractivity contribution in [3.05, 3.63) is 51.4 Å². The van der Waals surface area contributed by atoms with Crippen LogP contribution in [0.15, 0.2) is 36.0 Å². The molecule has 3 nitrogen and oxygen atoms in total. The number of thiophene rings is 1. The first-order chi connectivity index (χ1) is 9.09. The van der Waals surface area contributed by atoms with Crippen LogP contribution in [0.25, 0.3) is 0 Å². The molecule has 19 heavy (non-hydrogen) atoms. The predicted octanol–water partition coefficient (Wildman–Crippen LogP) is 3.92. The summed E-state index contributed by atoms with van der Waals surface area (Å²) in [5.74, 6) is 0.141. The van der Waals surface area contributed by atoms with Crippen LogP contribution in [-0.2, 0) is 0 Å². The molecular weight excluding hydrogens is 280 g/mol. The van der Waals surface area contributed by atoms with Gasteiger partial charge in [-0.3, -0.25) is 9.78 Å². The van der Waals surface area contributed by atoms with Gasteiger partial charge in [-0.1, -0.05) is 31.5 Å². The molecule has 0 aliphatic rings. The molecule has 1 amide bonds. The maximum Gasteiger partial charge on any atom is 0.253 e. The second kappa shape index (κ2) is 6.17. The first-order valence-electron chi connectivity index (χ1n) is 6.03. The monoisotopic (exact) mass is 294 g/mol. The number of nitrogens with one attached hydrogen (secondary N) is 1. The van der Waals surface area contributed by atoms with Crippen molar-refractivity contribution >= 4 is 28.8 Å². The van der Waals surface area contributed by atoms with E-state index >= 15 is 0 Å². The molecule has 2 rings (SSSR count).